The Kier molecular flexibility index (Phi) is 8.54. The van der Waals surface area contributed by atoms with E-state index >= 15 is 0 Å². The Morgan fingerprint density at radius 1 is 1.33 bits per heavy atom. The molecular weight excluding hydrogens is 342 g/mol. The van der Waals surface area contributed by atoms with Crippen molar-refractivity contribution in [1.82, 2.24) is 25.1 Å². The maximum Gasteiger partial charge on any atom is 0.225 e. The normalized spacial score (nSPS) is 14.8. The highest BCUT2D eigenvalue weighted by molar-refractivity contribution is 5.81. The lowest BCUT2D eigenvalue weighted by Gasteiger charge is -2.34. The van der Waals surface area contributed by atoms with Crippen LogP contribution in [0.25, 0.3) is 0 Å². The number of unbranched alkanes of at least 4 members (excludes halogenated alkanes) is 1. The lowest BCUT2D eigenvalue weighted by atomic mass is 10.3. The van der Waals surface area contributed by atoms with E-state index in [2.05, 4.69) is 36.7 Å². The van der Waals surface area contributed by atoms with Gasteiger partial charge in [0.25, 0.3) is 0 Å². The Hall–Kier alpha value is -2.64. The highest BCUT2D eigenvalue weighted by Crippen LogP contribution is 2.10. The second-order valence-corrected chi connectivity index (χ2v) is 6.49. The molecule has 1 aromatic heterocycles. The van der Waals surface area contributed by atoms with Gasteiger partial charge in [-0.3, -0.25) is 9.79 Å². The number of aromatic nitrogens is 2. The van der Waals surface area contributed by atoms with Gasteiger partial charge < -0.3 is 20.0 Å². The molecule has 0 unspecified atom stereocenters. The van der Waals surface area contributed by atoms with Crippen molar-refractivity contribution in [3.8, 4) is 0 Å². The highest BCUT2D eigenvalue weighted by atomic mass is 16.2. The van der Waals surface area contributed by atoms with Gasteiger partial charge in [0.05, 0.1) is 0 Å². The van der Waals surface area contributed by atoms with E-state index in [0.717, 1.165) is 44.4 Å². The highest BCUT2D eigenvalue weighted by Gasteiger charge is 2.22. The monoisotopic (exact) mass is 373 g/mol. The Labute approximate surface area is 162 Å². The van der Waals surface area contributed by atoms with E-state index in [9.17, 15) is 4.79 Å². The molecular formula is C19H31N7O. The quantitative estimate of drug-likeness (QED) is 0.317. The van der Waals surface area contributed by atoms with E-state index in [1.165, 1.54) is 0 Å². The van der Waals surface area contributed by atoms with Crippen LogP contribution in [0.1, 0.15) is 19.3 Å². The summed E-state index contributed by atoms with van der Waals surface area (Å²) in [6.45, 7) is 8.15. The molecule has 0 saturated carbocycles. The number of anilines is 1. The van der Waals surface area contributed by atoms with E-state index in [1.54, 1.807) is 25.5 Å². The predicted molar refractivity (Wildman–Crippen MR) is 109 cm³/mol. The van der Waals surface area contributed by atoms with Gasteiger partial charge in [-0.05, 0) is 18.9 Å². The summed E-state index contributed by atoms with van der Waals surface area (Å²) in [5.74, 6) is 1.72. The molecule has 8 heteroatoms. The average molecular weight is 374 g/mol. The molecule has 8 nitrogen and oxygen atoms in total. The molecule has 0 bridgehead atoms. The van der Waals surface area contributed by atoms with Crippen LogP contribution < -0.4 is 10.2 Å². The number of hydrogen-bond donors (Lipinski definition) is 1. The second-order valence-electron chi connectivity index (χ2n) is 6.49. The third-order valence-electron chi connectivity index (χ3n) is 4.56. The Balaban J connectivity index is 1.69. The van der Waals surface area contributed by atoms with Crippen molar-refractivity contribution >= 4 is 17.8 Å². The van der Waals surface area contributed by atoms with E-state index < -0.39 is 0 Å². The number of nitrogens with one attached hydrogen (secondary N) is 1. The molecule has 0 radical (unpaired) electrons. The molecule has 0 aromatic carbocycles. The molecule has 148 valence electrons. The summed E-state index contributed by atoms with van der Waals surface area (Å²) in [5.41, 5.74) is 0. The Bertz CT molecular complexity index is 612. The number of piperazine rings is 1. The minimum atomic E-state index is 0.167. The lowest BCUT2D eigenvalue weighted by molar-refractivity contribution is -0.131. The summed E-state index contributed by atoms with van der Waals surface area (Å²) in [7, 11) is 3.77. The first kappa shape index (κ1) is 20.7. The molecule has 0 aliphatic carbocycles. The van der Waals surface area contributed by atoms with E-state index in [0.29, 0.717) is 26.1 Å². The van der Waals surface area contributed by atoms with Crippen LogP contribution in [0.4, 0.5) is 5.95 Å². The Morgan fingerprint density at radius 2 is 2.04 bits per heavy atom. The summed E-state index contributed by atoms with van der Waals surface area (Å²) in [6.07, 6.45) is 7.89. The fraction of sp³-hybridized carbons (Fsp3) is 0.579. The first-order valence-electron chi connectivity index (χ1n) is 9.48. The summed E-state index contributed by atoms with van der Waals surface area (Å²) in [6, 6.07) is 1.81. The van der Waals surface area contributed by atoms with Gasteiger partial charge in [-0.1, -0.05) is 6.08 Å². The van der Waals surface area contributed by atoms with Gasteiger partial charge in [0.2, 0.25) is 11.9 Å². The number of rotatable bonds is 8. The average Bonchev–Trinajstić information content (AvgIpc) is 2.72. The smallest absolute Gasteiger partial charge is 0.225 e. The van der Waals surface area contributed by atoms with Crippen molar-refractivity contribution in [2.45, 2.75) is 19.3 Å². The summed E-state index contributed by atoms with van der Waals surface area (Å²) < 4.78 is 0. The molecule has 0 spiro atoms. The molecule has 1 aliphatic heterocycles. The molecule has 1 N–H and O–H groups in total. The fourth-order valence-electron chi connectivity index (χ4n) is 3.01. The van der Waals surface area contributed by atoms with Crippen LogP contribution in [-0.2, 0) is 4.79 Å². The molecule has 2 rings (SSSR count). The van der Waals surface area contributed by atoms with Crippen LogP contribution >= 0.6 is 0 Å². The van der Waals surface area contributed by atoms with Gasteiger partial charge in [0.1, 0.15) is 0 Å². The summed E-state index contributed by atoms with van der Waals surface area (Å²) in [5, 5.41) is 3.27. The van der Waals surface area contributed by atoms with Crippen molar-refractivity contribution < 1.29 is 4.79 Å². The number of carbonyl (C=O) groups is 1. The van der Waals surface area contributed by atoms with Gasteiger partial charge in [0, 0.05) is 72.2 Å². The van der Waals surface area contributed by atoms with E-state index in [1.807, 2.05) is 18.0 Å². The van der Waals surface area contributed by atoms with Crippen molar-refractivity contribution in [3.05, 3.63) is 31.1 Å². The van der Waals surface area contributed by atoms with Crippen LogP contribution in [0.5, 0.6) is 0 Å². The van der Waals surface area contributed by atoms with Gasteiger partial charge in [-0.15, -0.1) is 6.58 Å². The maximum absolute atomic E-state index is 12.5. The molecule has 1 amide bonds. The molecule has 1 aliphatic rings. The van der Waals surface area contributed by atoms with E-state index in [4.69, 9.17) is 0 Å². The van der Waals surface area contributed by atoms with Crippen LogP contribution in [0.15, 0.2) is 36.1 Å². The molecule has 2 heterocycles. The fourth-order valence-corrected chi connectivity index (χ4v) is 3.01. The van der Waals surface area contributed by atoms with Crippen molar-refractivity contribution in [1.29, 1.82) is 0 Å². The van der Waals surface area contributed by atoms with Gasteiger partial charge >= 0.3 is 0 Å². The van der Waals surface area contributed by atoms with Crippen molar-refractivity contribution in [2.75, 3.05) is 58.3 Å². The number of nitrogens with zero attached hydrogens (tertiary/aromatic N) is 6. The predicted octanol–water partition coefficient (Wildman–Crippen LogP) is 0.989. The molecule has 27 heavy (non-hydrogen) atoms. The first-order chi connectivity index (χ1) is 13.2. The van der Waals surface area contributed by atoms with Crippen molar-refractivity contribution in [2.24, 2.45) is 4.99 Å². The summed E-state index contributed by atoms with van der Waals surface area (Å²) in [4.78, 5) is 31.4. The standard InChI is InChI=1S/C19H31N7O/c1-4-5-6-12-24(3)18(20-2)23-11-8-17(27)25-13-15-26(16-14-25)19-21-9-7-10-22-19/h4,7,9-10H,1,5-6,8,11-16H2,2-3H3,(H,20,23). The number of allylic oxidation sites excluding steroid dienone is 1. The molecule has 0 atom stereocenters. The minimum absolute atomic E-state index is 0.167. The van der Waals surface area contributed by atoms with Gasteiger partial charge in [-0.2, -0.15) is 0 Å². The zero-order valence-electron chi connectivity index (χ0n) is 16.5. The molecule has 1 saturated heterocycles. The SMILES string of the molecule is C=CCCCN(C)C(=NC)NCCC(=O)N1CCN(c2ncccn2)CC1. The van der Waals surface area contributed by atoms with Crippen LogP contribution in [0, 0.1) is 0 Å². The second kappa shape index (κ2) is 11.2. The van der Waals surface area contributed by atoms with E-state index in [-0.39, 0.29) is 5.91 Å². The third-order valence-corrected chi connectivity index (χ3v) is 4.56. The number of amides is 1. The largest absolute Gasteiger partial charge is 0.356 e. The number of aliphatic imine (C=N–C) groups is 1. The zero-order chi connectivity index (χ0) is 19.5. The van der Waals surface area contributed by atoms with Crippen LogP contribution in [0.2, 0.25) is 0 Å². The molecule has 1 aromatic rings. The minimum Gasteiger partial charge on any atom is -0.356 e. The first-order valence-corrected chi connectivity index (χ1v) is 9.48. The number of carbonyl (C=O) groups excluding carboxylic acids is 1. The molecule has 1 fully saturated rings. The summed E-state index contributed by atoms with van der Waals surface area (Å²) >= 11 is 0. The lowest BCUT2D eigenvalue weighted by Crippen LogP contribution is -2.50. The zero-order valence-corrected chi connectivity index (χ0v) is 16.5. The number of guanidine groups is 1. The van der Waals surface area contributed by atoms with Gasteiger partial charge in [0.15, 0.2) is 5.96 Å². The maximum atomic E-state index is 12.5. The van der Waals surface area contributed by atoms with Crippen LogP contribution in [-0.4, -0.2) is 85.0 Å². The van der Waals surface area contributed by atoms with Crippen molar-refractivity contribution in [3.63, 3.8) is 0 Å². The third kappa shape index (κ3) is 6.54. The topological polar surface area (TPSA) is 77.0 Å². The van der Waals surface area contributed by atoms with Gasteiger partial charge in [-0.25, -0.2) is 9.97 Å². The van der Waals surface area contributed by atoms with Crippen LogP contribution in [0.3, 0.4) is 0 Å². The Morgan fingerprint density at radius 3 is 2.67 bits per heavy atom. The number of hydrogen-bond acceptors (Lipinski definition) is 5.